The number of carbonyl (C=O) groups is 1. The van der Waals surface area contributed by atoms with E-state index in [9.17, 15) is 14.9 Å². The second-order valence-corrected chi connectivity index (χ2v) is 9.22. The van der Waals surface area contributed by atoms with Gasteiger partial charge >= 0.3 is 0 Å². The number of thiazole rings is 1. The molecular formula is C20H19N5O3S2. The van der Waals surface area contributed by atoms with E-state index in [0.717, 1.165) is 28.4 Å². The van der Waals surface area contributed by atoms with Gasteiger partial charge in [0.05, 0.1) is 10.5 Å². The summed E-state index contributed by atoms with van der Waals surface area (Å²) in [6.45, 7) is 1.89. The average Bonchev–Trinajstić information content (AvgIpc) is 3.41. The van der Waals surface area contributed by atoms with Crippen LogP contribution in [0.1, 0.15) is 53.2 Å². The Morgan fingerprint density at radius 1 is 1.27 bits per heavy atom. The van der Waals surface area contributed by atoms with Gasteiger partial charge in [-0.05, 0) is 37.3 Å². The number of aryl methyl sites for hydroxylation is 1. The van der Waals surface area contributed by atoms with Crippen molar-refractivity contribution in [3.63, 3.8) is 0 Å². The second-order valence-electron chi connectivity index (χ2n) is 7.07. The molecule has 0 spiro atoms. The highest BCUT2D eigenvalue weighted by atomic mass is 32.2. The summed E-state index contributed by atoms with van der Waals surface area (Å²) in [6, 6.07) is 4.22. The van der Waals surface area contributed by atoms with Crippen LogP contribution >= 0.6 is 23.1 Å². The van der Waals surface area contributed by atoms with Crippen molar-refractivity contribution in [1.82, 2.24) is 15.0 Å². The van der Waals surface area contributed by atoms with Gasteiger partial charge in [0, 0.05) is 40.5 Å². The van der Waals surface area contributed by atoms with Crippen molar-refractivity contribution in [2.45, 2.75) is 47.8 Å². The van der Waals surface area contributed by atoms with Crippen LogP contribution in [0.15, 0.2) is 45.2 Å². The Morgan fingerprint density at radius 2 is 2.00 bits per heavy atom. The first kappa shape index (κ1) is 20.4. The third kappa shape index (κ3) is 4.65. The van der Waals surface area contributed by atoms with Crippen molar-refractivity contribution in [2.75, 3.05) is 5.32 Å². The third-order valence-electron chi connectivity index (χ3n) is 4.94. The fraction of sp³-hybridized carbons (Fsp3) is 0.300. The monoisotopic (exact) mass is 441 g/mol. The standard InChI is InChI=1S/C20H19N5O3S2/c1-12-11-29-20(23-12)30-17-7-6-15(25(27)28)8-16(17)18(26)24-19-21-9-14(10-22-19)13-4-2-3-5-13/h6-11,13H,2-5H2,1H3,(H,21,22,24,26). The zero-order chi connectivity index (χ0) is 21.1. The lowest BCUT2D eigenvalue weighted by atomic mass is 10.0. The predicted molar refractivity (Wildman–Crippen MR) is 115 cm³/mol. The van der Waals surface area contributed by atoms with Crippen molar-refractivity contribution in [3.05, 3.63) is 62.9 Å². The molecule has 8 nitrogen and oxygen atoms in total. The maximum Gasteiger partial charge on any atom is 0.270 e. The number of rotatable bonds is 6. The first-order valence-electron chi connectivity index (χ1n) is 9.51. The van der Waals surface area contributed by atoms with Gasteiger partial charge in [0.25, 0.3) is 11.6 Å². The van der Waals surface area contributed by atoms with E-state index in [0.29, 0.717) is 10.8 Å². The average molecular weight is 442 g/mol. The summed E-state index contributed by atoms with van der Waals surface area (Å²) in [7, 11) is 0. The van der Waals surface area contributed by atoms with Crippen LogP contribution in [0.5, 0.6) is 0 Å². The quantitative estimate of drug-likeness (QED) is 0.413. The first-order chi connectivity index (χ1) is 14.5. The van der Waals surface area contributed by atoms with Gasteiger partial charge < -0.3 is 0 Å². The maximum atomic E-state index is 12.9. The Labute approximate surface area is 181 Å². The second kappa shape index (κ2) is 8.88. The van der Waals surface area contributed by atoms with Crippen LogP contribution < -0.4 is 5.32 Å². The lowest BCUT2D eigenvalue weighted by molar-refractivity contribution is -0.384. The number of carbonyl (C=O) groups excluding carboxylic acids is 1. The number of non-ortho nitro benzene ring substituents is 1. The fourth-order valence-electron chi connectivity index (χ4n) is 3.41. The molecule has 0 atom stereocenters. The summed E-state index contributed by atoms with van der Waals surface area (Å²) in [5.41, 5.74) is 1.99. The zero-order valence-electron chi connectivity index (χ0n) is 16.2. The maximum absolute atomic E-state index is 12.9. The fourth-order valence-corrected chi connectivity index (χ4v) is 5.32. The molecule has 1 saturated carbocycles. The van der Waals surface area contributed by atoms with Crippen LogP contribution in [0.25, 0.3) is 0 Å². The molecule has 2 aromatic heterocycles. The molecule has 0 saturated heterocycles. The normalized spacial score (nSPS) is 14.0. The molecule has 0 aliphatic heterocycles. The van der Waals surface area contributed by atoms with Crippen molar-refractivity contribution in [2.24, 2.45) is 0 Å². The minimum atomic E-state index is -0.522. The molecule has 4 rings (SSSR count). The number of nitrogens with zero attached hydrogens (tertiary/aromatic N) is 4. The molecule has 1 N–H and O–H groups in total. The molecule has 1 aliphatic carbocycles. The number of benzene rings is 1. The lowest BCUT2D eigenvalue weighted by Gasteiger charge is -2.10. The van der Waals surface area contributed by atoms with Crippen LogP contribution in [0.2, 0.25) is 0 Å². The van der Waals surface area contributed by atoms with Crippen LogP contribution in [-0.4, -0.2) is 25.8 Å². The number of nitro groups is 1. The Balaban J connectivity index is 1.56. The number of hydrogen-bond donors (Lipinski definition) is 1. The smallest absolute Gasteiger partial charge is 0.270 e. The van der Waals surface area contributed by atoms with Crippen LogP contribution in [0.3, 0.4) is 0 Å². The van der Waals surface area contributed by atoms with E-state index >= 15 is 0 Å². The van der Waals surface area contributed by atoms with Gasteiger partial charge in [0.15, 0.2) is 4.34 Å². The number of amides is 1. The molecule has 0 unspecified atom stereocenters. The molecule has 1 fully saturated rings. The van der Waals surface area contributed by atoms with Crippen molar-refractivity contribution in [3.8, 4) is 0 Å². The van der Waals surface area contributed by atoms with Crippen molar-refractivity contribution in [1.29, 1.82) is 0 Å². The number of hydrogen-bond acceptors (Lipinski definition) is 8. The van der Waals surface area contributed by atoms with E-state index in [-0.39, 0.29) is 17.2 Å². The van der Waals surface area contributed by atoms with Crippen LogP contribution in [-0.2, 0) is 0 Å². The lowest BCUT2D eigenvalue weighted by Crippen LogP contribution is -2.15. The topological polar surface area (TPSA) is 111 Å². The molecule has 1 amide bonds. The van der Waals surface area contributed by atoms with E-state index in [4.69, 9.17) is 0 Å². The zero-order valence-corrected chi connectivity index (χ0v) is 17.8. The Hall–Kier alpha value is -2.85. The minimum Gasteiger partial charge on any atom is -0.290 e. The number of nitro benzene ring substituents is 1. The molecule has 0 radical (unpaired) electrons. The summed E-state index contributed by atoms with van der Waals surface area (Å²) >= 11 is 2.75. The molecule has 154 valence electrons. The molecule has 2 heterocycles. The highest BCUT2D eigenvalue weighted by Gasteiger charge is 2.21. The van der Waals surface area contributed by atoms with Gasteiger partial charge in [0.2, 0.25) is 5.95 Å². The third-order valence-corrected chi connectivity index (χ3v) is 7.07. The summed E-state index contributed by atoms with van der Waals surface area (Å²) < 4.78 is 0.757. The van der Waals surface area contributed by atoms with E-state index in [1.54, 1.807) is 18.5 Å². The summed E-state index contributed by atoms with van der Waals surface area (Å²) in [5.74, 6) is 0.161. The number of anilines is 1. The molecule has 1 aromatic carbocycles. The van der Waals surface area contributed by atoms with Gasteiger partial charge in [-0.2, -0.15) is 0 Å². The number of aromatic nitrogens is 3. The van der Waals surface area contributed by atoms with Gasteiger partial charge in [-0.3, -0.25) is 20.2 Å². The summed E-state index contributed by atoms with van der Waals surface area (Å²) in [5, 5.41) is 15.8. The van der Waals surface area contributed by atoms with Crippen molar-refractivity contribution >= 4 is 40.6 Å². The molecule has 30 heavy (non-hydrogen) atoms. The van der Waals surface area contributed by atoms with Crippen LogP contribution in [0, 0.1) is 17.0 Å². The van der Waals surface area contributed by atoms with Crippen LogP contribution in [0.4, 0.5) is 11.6 Å². The highest BCUT2D eigenvalue weighted by Crippen LogP contribution is 2.35. The predicted octanol–water partition coefficient (Wildman–Crippen LogP) is 5.21. The van der Waals surface area contributed by atoms with Gasteiger partial charge in [0.1, 0.15) is 0 Å². The minimum absolute atomic E-state index is 0.155. The molecule has 10 heteroatoms. The van der Waals surface area contributed by atoms with E-state index in [1.807, 2.05) is 12.3 Å². The van der Waals surface area contributed by atoms with Crippen molar-refractivity contribution < 1.29 is 9.72 Å². The summed E-state index contributed by atoms with van der Waals surface area (Å²) in [4.78, 5) is 37.1. The summed E-state index contributed by atoms with van der Waals surface area (Å²) in [6.07, 6.45) is 8.21. The van der Waals surface area contributed by atoms with Gasteiger partial charge in [-0.25, -0.2) is 15.0 Å². The van der Waals surface area contributed by atoms with Gasteiger partial charge in [-0.15, -0.1) is 11.3 Å². The molecule has 0 bridgehead atoms. The molecular weight excluding hydrogens is 422 g/mol. The first-order valence-corrected chi connectivity index (χ1v) is 11.2. The largest absolute Gasteiger partial charge is 0.290 e. The molecule has 3 aromatic rings. The Kier molecular flexibility index (Phi) is 6.05. The number of nitrogens with one attached hydrogen (secondary N) is 1. The highest BCUT2D eigenvalue weighted by molar-refractivity contribution is 8.01. The van der Waals surface area contributed by atoms with E-state index in [1.165, 1.54) is 48.1 Å². The Bertz CT molecular complexity index is 1080. The SMILES string of the molecule is Cc1csc(Sc2ccc([N+](=O)[O-])cc2C(=O)Nc2ncc(C3CCCC3)cn2)n1. The van der Waals surface area contributed by atoms with E-state index < -0.39 is 10.8 Å². The van der Waals surface area contributed by atoms with Gasteiger partial charge in [-0.1, -0.05) is 24.6 Å². The Morgan fingerprint density at radius 3 is 2.63 bits per heavy atom. The van der Waals surface area contributed by atoms with E-state index in [2.05, 4.69) is 20.3 Å². The molecule has 1 aliphatic rings.